The smallest absolute Gasteiger partial charge is 0.336 e. The molecule has 0 bridgehead atoms. The largest absolute Gasteiger partial charge is 0.478 e. The van der Waals surface area contributed by atoms with E-state index < -0.39 is 12.3 Å². The molecule has 0 radical (unpaired) electrons. The normalized spacial score (nSPS) is 16.6. The molecule has 3 atom stereocenters. The minimum atomic E-state index is -0.966. The Morgan fingerprint density at radius 3 is 2.20 bits per heavy atom. The number of unbranched alkanes of at least 4 members (excludes halogenated alkanes) is 1. The number of nitrogens with two attached hydrogens (primary N) is 1. The van der Waals surface area contributed by atoms with Gasteiger partial charge in [-0.05, 0) is 71.0 Å². The number of hydrogen-bond donors (Lipinski definition) is 5. The first kappa shape index (κ1) is 39.2. The van der Waals surface area contributed by atoms with Gasteiger partial charge in [0.1, 0.15) is 0 Å². The average Bonchev–Trinajstić information content (AvgIpc) is 3.22. The predicted octanol–water partition coefficient (Wildman–Crippen LogP) is 8.28. The van der Waals surface area contributed by atoms with Crippen LogP contribution in [-0.2, 0) is 32.2 Å². The van der Waals surface area contributed by atoms with Crippen molar-refractivity contribution in [2.75, 3.05) is 16.8 Å². The Kier molecular flexibility index (Phi) is 13.7. The molecule has 5 aromatic carbocycles. The molecule has 1 saturated heterocycles. The molecule has 1 aliphatic heterocycles. The van der Waals surface area contributed by atoms with Gasteiger partial charge >= 0.3 is 5.97 Å². The zero-order chi connectivity index (χ0) is 38.6. The maximum Gasteiger partial charge on any atom is 0.336 e. The number of carbonyl (C=O) groups is 3. The number of rotatable bonds is 16. The molecule has 6 N–H and O–H groups in total. The molecule has 6 rings (SSSR count). The Hall–Kier alpha value is -5.46. The SMILES string of the molecule is Nc1ccccc1NC(=O)CCCCC(=O)NCc1cccc(-c2ccc(C3OC(CSc4ccccc4C(=O)O)CC(c4ccc(CO)cc4)O3)cc2)c1. The van der Waals surface area contributed by atoms with E-state index in [1.165, 1.54) is 11.8 Å². The van der Waals surface area contributed by atoms with Gasteiger partial charge in [0.25, 0.3) is 0 Å². The van der Waals surface area contributed by atoms with Crippen LogP contribution in [0.15, 0.2) is 126 Å². The first-order valence-electron chi connectivity index (χ1n) is 18.3. The number of carboxylic acids is 1. The third-order valence-electron chi connectivity index (χ3n) is 9.38. The molecular formula is C44H45N3O7S. The third-order valence-corrected chi connectivity index (χ3v) is 10.6. The van der Waals surface area contributed by atoms with Crippen LogP contribution >= 0.6 is 11.8 Å². The second kappa shape index (κ2) is 19.2. The second-order valence-electron chi connectivity index (χ2n) is 13.4. The fourth-order valence-corrected chi connectivity index (χ4v) is 7.42. The third kappa shape index (κ3) is 11.1. The van der Waals surface area contributed by atoms with Crippen molar-refractivity contribution >= 4 is 40.9 Å². The van der Waals surface area contributed by atoms with E-state index in [0.29, 0.717) is 60.7 Å². The standard InChI is InChI=1S/C44H45N3O7S/c45-37-11-2-3-12-38(37)47-42(50)15-6-5-14-41(49)46-26-30-8-7-9-34(24-30)31-20-22-33(23-21-31)44-53-35(28-55-40-13-4-1-10-36(40)43(51)52)25-39(54-44)32-18-16-29(27-48)17-19-32/h1-4,7-13,16-24,35,39,44,48H,5-6,14-15,25-28,45H2,(H,46,49)(H,47,50)(H,51,52). The van der Waals surface area contributed by atoms with Crippen molar-refractivity contribution in [1.29, 1.82) is 0 Å². The highest BCUT2D eigenvalue weighted by Crippen LogP contribution is 2.40. The lowest BCUT2D eigenvalue weighted by Gasteiger charge is -2.36. The molecule has 55 heavy (non-hydrogen) atoms. The van der Waals surface area contributed by atoms with Gasteiger partial charge in [0.15, 0.2) is 6.29 Å². The van der Waals surface area contributed by atoms with Crippen molar-refractivity contribution in [3.8, 4) is 11.1 Å². The summed E-state index contributed by atoms with van der Waals surface area (Å²) in [6.07, 6.45) is 1.27. The van der Waals surface area contributed by atoms with E-state index in [2.05, 4.69) is 16.7 Å². The lowest BCUT2D eigenvalue weighted by atomic mass is 9.99. The van der Waals surface area contributed by atoms with Gasteiger partial charge in [-0.2, -0.15) is 0 Å². The number of anilines is 2. The predicted molar refractivity (Wildman–Crippen MR) is 214 cm³/mol. The lowest BCUT2D eigenvalue weighted by Crippen LogP contribution is -2.31. The minimum absolute atomic E-state index is 0.0424. The van der Waals surface area contributed by atoms with Gasteiger partial charge < -0.3 is 36.1 Å². The minimum Gasteiger partial charge on any atom is -0.478 e. The molecule has 0 aliphatic carbocycles. The van der Waals surface area contributed by atoms with E-state index in [4.69, 9.17) is 15.2 Å². The molecule has 1 fully saturated rings. The van der Waals surface area contributed by atoms with E-state index in [9.17, 15) is 24.6 Å². The molecular weight excluding hydrogens is 715 g/mol. The van der Waals surface area contributed by atoms with Crippen molar-refractivity contribution < 1.29 is 34.1 Å². The van der Waals surface area contributed by atoms with Gasteiger partial charge in [-0.3, -0.25) is 9.59 Å². The van der Waals surface area contributed by atoms with Gasteiger partial charge in [0.2, 0.25) is 11.8 Å². The van der Waals surface area contributed by atoms with Crippen molar-refractivity contribution in [2.45, 2.75) is 68.6 Å². The van der Waals surface area contributed by atoms with Crippen molar-refractivity contribution in [2.24, 2.45) is 0 Å². The fraction of sp³-hybridized carbons (Fsp3) is 0.250. The topological polar surface area (TPSA) is 160 Å². The van der Waals surface area contributed by atoms with Crippen molar-refractivity contribution in [3.63, 3.8) is 0 Å². The number of nitrogen functional groups attached to an aromatic ring is 1. The number of ether oxygens (including phenoxy) is 2. The Bertz CT molecular complexity index is 2070. The number of aliphatic hydroxyl groups excluding tert-OH is 1. The highest BCUT2D eigenvalue weighted by molar-refractivity contribution is 7.99. The molecule has 11 heteroatoms. The van der Waals surface area contributed by atoms with Crippen molar-refractivity contribution in [1.82, 2.24) is 5.32 Å². The van der Waals surface area contributed by atoms with E-state index in [0.717, 1.165) is 33.4 Å². The summed E-state index contributed by atoms with van der Waals surface area (Å²) in [5, 5.41) is 25.0. The Morgan fingerprint density at radius 1 is 0.745 bits per heavy atom. The molecule has 0 spiro atoms. The van der Waals surface area contributed by atoms with Crippen LogP contribution in [-0.4, -0.2) is 39.9 Å². The average molecular weight is 760 g/mol. The zero-order valence-electron chi connectivity index (χ0n) is 30.4. The van der Waals surface area contributed by atoms with E-state index in [-0.39, 0.29) is 36.2 Å². The summed E-state index contributed by atoms with van der Waals surface area (Å²) < 4.78 is 13.0. The van der Waals surface area contributed by atoms with Crippen LogP contribution in [0, 0.1) is 0 Å². The van der Waals surface area contributed by atoms with Gasteiger partial charge in [0.05, 0.1) is 35.8 Å². The number of aliphatic hydroxyl groups is 1. The number of carbonyl (C=O) groups excluding carboxylic acids is 2. The highest BCUT2D eigenvalue weighted by Gasteiger charge is 2.32. The lowest BCUT2D eigenvalue weighted by molar-refractivity contribution is -0.245. The Balaban J connectivity index is 1.04. The molecule has 284 valence electrons. The Labute approximate surface area is 325 Å². The number of thioether (sulfide) groups is 1. The van der Waals surface area contributed by atoms with Crippen LogP contribution in [0.1, 0.15) is 77.1 Å². The number of nitrogens with one attached hydrogen (secondary N) is 2. The molecule has 0 aromatic heterocycles. The second-order valence-corrected chi connectivity index (χ2v) is 14.5. The first-order valence-corrected chi connectivity index (χ1v) is 19.3. The molecule has 10 nitrogen and oxygen atoms in total. The summed E-state index contributed by atoms with van der Waals surface area (Å²) in [4.78, 5) is 37.3. The maximum atomic E-state index is 12.6. The number of aromatic carboxylic acids is 1. The van der Waals surface area contributed by atoms with Gasteiger partial charge in [0, 0.05) is 42.0 Å². The van der Waals surface area contributed by atoms with Crippen LogP contribution < -0.4 is 16.4 Å². The van der Waals surface area contributed by atoms with Crippen LogP contribution in [0.4, 0.5) is 11.4 Å². The zero-order valence-corrected chi connectivity index (χ0v) is 31.2. The van der Waals surface area contributed by atoms with Crippen LogP contribution in [0.3, 0.4) is 0 Å². The molecule has 3 unspecified atom stereocenters. The summed E-state index contributed by atoms with van der Waals surface area (Å²) in [7, 11) is 0. The number of carboxylic acid groups (broad SMARTS) is 1. The highest BCUT2D eigenvalue weighted by atomic mass is 32.2. The monoisotopic (exact) mass is 759 g/mol. The molecule has 1 aliphatic rings. The quantitative estimate of drug-likeness (QED) is 0.0379. The van der Waals surface area contributed by atoms with E-state index in [1.54, 1.807) is 24.3 Å². The van der Waals surface area contributed by atoms with Gasteiger partial charge in [-0.25, -0.2) is 4.79 Å². The maximum absolute atomic E-state index is 12.6. The van der Waals surface area contributed by atoms with Crippen LogP contribution in [0.2, 0.25) is 0 Å². The van der Waals surface area contributed by atoms with E-state index >= 15 is 0 Å². The number of benzene rings is 5. The van der Waals surface area contributed by atoms with Crippen LogP contribution in [0.5, 0.6) is 0 Å². The van der Waals surface area contributed by atoms with Crippen molar-refractivity contribution in [3.05, 3.63) is 149 Å². The molecule has 1 heterocycles. The Morgan fingerprint density at radius 2 is 1.45 bits per heavy atom. The summed E-state index contributed by atoms with van der Waals surface area (Å²) in [6.45, 7) is 0.346. The van der Waals surface area contributed by atoms with Gasteiger partial charge in [-0.15, -0.1) is 11.8 Å². The number of para-hydroxylation sites is 2. The van der Waals surface area contributed by atoms with Crippen LogP contribution in [0.25, 0.3) is 11.1 Å². The molecule has 0 saturated carbocycles. The summed E-state index contributed by atoms with van der Waals surface area (Å²) in [5.74, 6) is -0.623. The fourth-order valence-electron chi connectivity index (χ4n) is 6.35. The van der Waals surface area contributed by atoms with E-state index in [1.807, 2.05) is 91.0 Å². The number of hydrogen-bond acceptors (Lipinski definition) is 8. The summed E-state index contributed by atoms with van der Waals surface area (Å²) >= 11 is 1.46. The molecule has 2 amide bonds. The summed E-state index contributed by atoms with van der Waals surface area (Å²) in [6, 6.07) is 37.8. The first-order chi connectivity index (χ1) is 26.7. The van der Waals surface area contributed by atoms with Gasteiger partial charge in [-0.1, -0.05) is 91.0 Å². The number of amides is 2. The summed E-state index contributed by atoms with van der Waals surface area (Å²) in [5.41, 5.74) is 12.9. The molecule has 5 aromatic rings.